The monoisotopic (exact) mass is 461 g/mol. The molecule has 1 aromatic heterocycles. The number of carbonyl (C=O) groups is 5. The Morgan fingerprint density at radius 1 is 1.30 bits per heavy atom. The van der Waals surface area contributed by atoms with E-state index >= 15 is 0 Å². The molecule has 33 heavy (non-hydrogen) atoms. The van der Waals surface area contributed by atoms with Crippen LogP contribution in [0.4, 0.5) is 4.79 Å². The third-order valence-electron chi connectivity index (χ3n) is 5.98. The van der Waals surface area contributed by atoms with Crippen LogP contribution in [0.2, 0.25) is 0 Å². The van der Waals surface area contributed by atoms with Gasteiger partial charge in [-0.05, 0) is 19.3 Å². The average Bonchev–Trinajstić information content (AvgIpc) is 3.46. The zero-order chi connectivity index (χ0) is 24.0. The van der Waals surface area contributed by atoms with Crippen LogP contribution >= 0.6 is 0 Å². The SMILES string of the molecule is CCCCCN1C(=O)CC(C(=O)NC(Cc2cnc[nH]2)C(=O)N2CCCC2C(N)=O)NC1=O. The van der Waals surface area contributed by atoms with E-state index < -0.39 is 47.8 Å². The van der Waals surface area contributed by atoms with Crippen molar-refractivity contribution in [1.82, 2.24) is 30.4 Å². The van der Waals surface area contributed by atoms with Crippen molar-refractivity contribution < 1.29 is 24.0 Å². The van der Waals surface area contributed by atoms with Crippen LogP contribution in [0, 0.1) is 0 Å². The van der Waals surface area contributed by atoms with Gasteiger partial charge >= 0.3 is 6.03 Å². The summed E-state index contributed by atoms with van der Waals surface area (Å²) in [4.78, 5) is 72.1. The molecule has 0 saturated carbocycles. The van der Waals surface area contributed by atoms with Crippen molar-refractivity contribution in [2.75, 3.05) is 13.1 Å². The highest BCUT2D eigenvalue weighted by atomic mass is 16.2. The number of imidazole rings is 1. The summed E-state index contributed by atoms with van der Waals surface area (Å²) in [6.07, 6.45) is 6.53. The number of aromatic amines is 1. The molecule has 2 aliphatic heterocycles. The lowest BCUT2D eigenvalue weighted by Crippen LogP contribution is -2.62. The molecule has 2 fully saturated rings. The summed E-state index contributed by atoms with van der Waals surface area (Å²) in [6.45, 7) is 2.68. The highest BCUT2D eigenvalue weighted by Gasteiger charge is 2.40. The molecule has 0 bridgehead atoms. The van der Waals surface area contributed by atoms with Gasteiger partial charge < -0.3 is 26.3 Å². The largest absolute Gasteiger partial charge is 0.368 e. The van der Waals surface area contributed by atoms with Gasteiger partial charge in [-0.3, -0.25) is 24.1 Å². The van der Waals surface area contributed by atoms with Gasteiger partial charge in [0.15, 0.2) is 0 Å². The fraction of sp³-hybridized carbons (Fsp3) is 0.619. The molecule has 3 atom stereocenters. The minimum Gasteiger partial charge on any atom is -0.368 e. The molecule has 3 unspecified atom stereocenters. The van der Waals surface area contributed by atoms with Crippen molar-refractivity contribution >= 4 is 29.7 Å². The number of nitrogens with two attached hydrogens (primary N) is 1. The Labute approximate surface area is 191 Å². The van der Waals surface area contributed by atoms with Gasteiger partial charge in [0.25, 0.3) is 0 Å². The van der Waals surface area contributed by atoms with E-state index in [-0.39, 0.29) is 12.8 Å². The third kappa shape index (κ3) is 5.88. The molecular formula is C21H31N7O5. The Hall–Kier alpha value is -3.44. The van der Waals surface area contributed by atoms with E-state index in [1.807, 2.05) is 6.92 Å². The molecular weight excluding hydrogens is 430 g/mol. The van der Waals surface area contributed by atoms with E-state index in [0.717, 1.165) is 17.7 Å². The zero-order valence-corrected chi connectivity index (χ0v) is 18.7. The second kappa shape index (κ2) is 10.9. The number of H-pyrrole nitrogens is 1. The van der Waals surface area contributed by atoms with Gasteiger partial charge in [-0.15, -0.1) is 0 Å². The van der Waals surface area contributed by atoms with Crippen LogP contribution in [-0.4, -0.2) is 80.6 Å². The van der Waals surface area contributed by atoms with E-state index in [1.54, 1.807) is 0 Å². The quantitative estimate of drug-likeness (QED) is 0.339. The van der Waals surface area contributed by atoms with Crippen LogP contribution in [-0.2, 0) is 25.6 Å². The number of amides is 6. The summed E-state index contributed by atoms with van der Waals surface area (Å²) in [5, 5.41) is 5.21. The summed E-state index contributed by atoms with van der Waals surface area (Å²) in [6, 6.07) is -3.46. The minimum absolute atomic E-state index is 0.101. The van der Waals surface area contributed by atoms with Crippen molar-refractivity contribution in [3.63, 3.8) is 0 Å². The molecule has 180 valence electrons. The average molecular weight is 462 g/mol. The van der Waals surface area contributed by atoms with Crippen LogP contribution in [0.15, 0.2) is 12.5 Å². The van der Waals surface area contributed by atoms with Crippen molar-refractivity contribution in [3.05, 3.63) is 18.2 Å². The molecule has 5 N–H and O–H groups in total. The Bertz CT molecular complexity index is 870. The van der Waals surface area contributed by atoms with Crippen molar-refractivity contribution in [2.45, 2.75) is 70.0 Å². The smallest absolute Gasteiger partial charge is 0.324 e. The molecule has 0 radical (unpaired) electrons. The van der Waals surface area contributed by atoms with Crippen molar-refractivity contribution in [3.8, 4) is 0 Å². The first kappa shape index (κ1) is 24.2. The van der Waals surface area contributed by atoms with Crippen molar-refractivity contribution in [1.29, 1.82) is 0 Å². The van der Waals surface area contributed by atoms with E-state index in [0.29, 0.717) is 38.0 Å². The fourth-order valence-corrected chi connectivity index (χ4v) is 4.20. The molecule has 2 saturated heterocycles. The molecule has 3 heterocycles. The summed E-state index contributed by atoms with van der Waals surface area (Å²) in [7, 11) is 0. The maximum Gasteiger partial charge on any atom is 0.324 e. The molecule has 0 spiro atoms. The lowest BCUT2D eigenvalue weighted by atomic mass is 10.1. The minimum atomic E-state index is -1.09. The molecule has 12 nitrogen and oxygen atoms in total. The number of imide groups is 1. The van der Waals surface area contributed by atoms with E-state index in [9.17, 15) is 24.0 Å². The summed E-state index contributed by atoms with van der Waals surface area (Å²) in [5.41, 5.74) is 6.05. The number of primary amides is 1. The van der Waals surface area contributed by atoms with Crippen LogP contribution in [0.5, 0.6) is 0 Å². The number of hydrogen-bond acceptors (Lipinski definition) is 6. The predicted molar refractivity (Wildman–Crippen MR) is 116 cm³/mol. The number of aromatic nitrogens is 2. The summed E-state index contributed by atoms with van der Waals surface area (Å²) in [5.74, 6) is -2.12. The number of carbonyl (C=O) groups excluding carboxylic acids is 5. The lowest BCUT2D eigenvalue weighted by molar-refractivity contribution is -0.141. The fourth-order valence-electron chi connectivity index (χ4n) is 4.20. The Morgan fingerprint density at radius 3 is 2.73 bits per heavy atom. The van der Waals surface area contributed by atoms with Crippen molar-refractivity contribution in [2.24, 2.45) is 5.73 Å². The number of unbranched alkanes of at least 4 members (excludes halogenated alkanes) is 2. The number of hydrogen-bond donors (Lipinski definition) is 4. The van der Waals surface area contributed by atoms with Crippen LogP contribution in [0.3, 0.4) is 0 Å². The zero-order valence-electron chi connectivity index (χ0n) is 18.7. The maximum atomic E-state index is 13.2. The Morgan fingerprint density at radius 2 is 2.09 bits per heavy atom. The van der Waals surface area contributed by atoms with E-state index in [1.165, 1.54) is 17.4 Å². The number of nitrogens with one attached hydrogen (secondary N) is 3. The molecule has 3 rings (SSSR count). The van der Waals surface area contributed by atoms with Gasteiger partial charge in [0, 0.05) is 31.4 Å². The van der Waals surface area contributed by atoms with E-state index in [2.05, 4.69) is 20.6 Å². The number of likely N-dealkylation sites (tertiary alicyclic amines) is 1. The van der Waals surface area contributed by atoms with Crippen LogP contribution in [0.25, 0.3) is 0 Å². The van der Waals surface area contributed by atoms with E-state index in [4.69, 9.17) is 5.73 Å². The topological polar surface area (TPSA) is 171 Å². The highest BCUT2D eigenvalue weighted by Crippen LogP contribution is 2.19. The van der Waals surface area contributed by atoms with Gasteiger partial charge in [0.05, 0.1) is 12.7 Å². The van der Waals surface area contributed by atoms with Gasteiger partial charge in [-0.2, -0.15) is 0 Å². The molecule has 1 aromatic rings. The van der Waals surface area contributed by atoms with Crippen LogP contribution in [0.1, 0.15) is 51.1 Å². The first-order valence-electron chi connectivity index (χ1n) is 11.3. The second-order valence-electron chi connectivity index (χ2n) is 8.39. The standard InChI is InChI=1S/C21H31N7O5/c1-2-3-4-7-28-17(29)10-14(26-21(28)33)19(31)25-15(9-13-11-23-12-24-13)20(32)27-8-5-6-16(27)18(22)30/h11-12,14-16H,2-10H2,1H3,(H2,22,30)(H,23,24)(H,25,31)(H,26,33). The second-order valence-corrected chi connectivity index (χ2v) is 8.39. The summed E-state index contributed by atoms with van der Waals surface area (Å²) >= 11 is 0. The first-order valence-corrected chi connectivity index (χ1v) is 11.3. The van der Waals surface area contributed by atoms with Gasteiger partial charge in [-0.25, -0.2) is 9.78 Å². The van der Waals surface area contributed by atoms with Gasteiger partial charge in [-0.1, -0.05) is 19.8 Å². The first-order chi connectivity index (χ1) is 15.8. The molecule has 12 heteroatoms. The van der Waals surface area contributed by atoms with Gasteiger partial charge in [0.1, 0.15) is 18.1 Å². The summed E-state index contributed by atoms with van der Waals surface area (Å²) < 4.78 is 0. The predicted octanol–water partition coefficient (Wildman–Crippen LogP) is -0.586. The normalized spacial score (nSPS) is 21.6. The highest BCUT2D eigenvalue weighted by molar-refractivity contribution is 6.03. The van der Waals surface area contributed by atoms with Crippen LogP contribution < -0.4 is 16.4 Å². The Kier molecular flexibility index (Phi) is 8.01. The molecule has 0 aliphatic carbocycles. The number of nitrogens with zero attached hydrogens (tertiary/aromatic N) is 3. The maximum absolute atomic E-state index is 13.2. The molecule has 2 aliphatic rings. The number of rotatable bonds is 10. The molecule has 0 aromatic carbocycles. The lowest BCUT2D eigenvalue weighted by Gasteiger charge is -2.32. The third-order valence-corrected chi connectivity index (χ3v) is 5.98. The Balaban J connectivity index is 1.69. The number of urea groups is 1. The van der Waals surface area contributed by atoms with Gasteiger partial charge in [0.2, 0.25) is 23.6 Å². The molecule has 6 amide bonds.